The molecule has 4 nitrogen and oxygen atoms in total. The van der Waals surface area contributed by atoms with E-state index in [0.29, 0.717) is 12.4 Å². The summed E-state index contributed by atoms with van der Waals surface area (Å²) in [5, 5.41) is 0. The van der Waals surface area contributed by atoms with Gasteiger partial charge in [-0.1, -0.05) is 12.1 Å². The number of esters is 1. The Morgan fingerprint density at radius 3 is 2.70 bits per heavy atom. The van der Waals surface area contributed by atoms with Crippen LogP contribution in [0.2, 0.25) is 0 Å². The lowest BCUT2D eigenvalue weighted by Gasteiger charge is -2.24. The lowest BCUT2D eigenvalue weighted by molar-refractivity contribution is -0.158. The number of hydrogen-bond acceptors (Lipinski definition) is 4. The van der Waals surface area contributed by atoms with Crippen molar-refractivity contribution in [2.75, 3.05) is 6.61 Å². The molecule has 2 aromatic rings. The highest BCUT2D eigenvalue weighted by atomic mass is 16.6. The third-order valence-electron chi connectivity index (χ3n) is 2.83. The summed E-state index contributed by atoms with van der Waals surface area (Å²) in [5.41, 5.74) is 0.908. The molecule has 0 N–H and O–H groups in total. The molecule has 20 heavy (non-hydrogen) atoms. The first-order valence-corrected chi connectivity index (χ1v) is 6.52. The van der Waals surface area contributed by atoms with Crippen LogP contribution in [0.25, 0.3) is 11.1 Å². The zero-order chi connectivity index (χ0) is 14.6. The highest BCUT2D eigenvalue weighted by Gasteiger charge is 2.31. The van der Waals surface area contributed by atoms with E-state index in [9.17, 15) is 4.79 Å². The fourth-order valence-corrected chi connectivity index (χ4v) is 1.81. The molecule has 4 heteroatoms. The highest BCUT2D eigenvalue weighted by molar-refractivity contribution is 5.79. The lowest BCUT2D eigenvalue weighted by Crippen LogP contribution is -2.39. The standard InChI is InChI=1S/C16H18O4/c1-4-19-15(17)16(2,3)20-14-7-5-6-12(10-14)13-8-9-18-11-13/h5-11H,4H2,1-3H3. The van der Waals surface area contributed by atoms with Crippen LogP contribution in [0.5, 0.6) is 5.75 Å². The van der Waals surface area contributed by atoms with Gasteiger partial charge in [-0.3, -0.25) is 0 Å². The molecule has 0 atom stereocenters. The number of carbonyl (C=O) groups excluding carboxylic acids is 1. The second-order valence-corrected chi connectivity index (χ2v) is 4.87. The molecule has 106 valence electrons. The van der Waals surface area contributed by atoms with Gasteiger partial charge in [0.15, 0.2) is 5.60 Å². The molecule has 0 aliphatic carbocycles. The Bertz CT molecular complexity index is 570. The number of ether oxygens (including phenoxy) is 2. The van der Waals surface area contributed by atoms with Crippen LogP contribution in [0.15, 0.2) is 47.3 Å². The zero-order valence-corrected chi connectivity index (χ0v) is 11.9. The number of hydrogen-bond donors (Lipinski definition) is 0. The average molecular weight is 274 g/mol. The maximum absolute atomic E-state index is 11.8. The van der Waals surface area contributed by atoms with Crippen LogP contribution in [-0.2, 0) is 9.53 Å². The van der Waals surface area contributed by atoms with Crippen molar-refractivity contribution < 1.29 is 18.7 Å². The van der Waals surface area contributed by atoms with Crippen LogP contribution in [0, 0.1) is 0 Å². The van der Waals surface area contributed by atoms with Crippen LogP contribution < -0.4 is 4.74 Å². The molecule has 0 aliphatic rings. The monoisotopic (exact) mass is 274 g/mol. The van der Waals surface area contributed by atoms with Crippen molar-refractivity contribution in [2.24, 2.45) is 0 Å². The van der Waals surface area contributed by atoms with Crippen molar-refractivity contribution in [3.05, 3.63) is 42.9 Å². The molecule has 0 fully saturated rings. The summed E-state index contributed by atoms with van der Waals surface area (Å²) in [4.78, 5) is 11.8. The van der Waals surface area contributed by atoms with Gasteiger partial charge < -0.3 is 13.9 Å². The Hall–Kier alpha value is -2.23. The third kappa shape index (κ3) is 3.20. The molecule has 0 aliphatic heterocycles. The predicted octanol–water partition coefficient (Wildman–Crippen LogP) is 3.67. The van der Waals surface area contributed by atoms with Gasteiger partial charge in [0.25, 0.3) is 0 Å². The minimum absolute atomic E-state index is 0.334. The molecule has 0 radical (unpaired) electrons. The fraction of sp³-hybridized carbons (Fsp3) is 0.312. The Balaban J connectivity index is 2.18. The van der Waals surface area contributed by atoms with E-state index in [-0.39, 0.29) is 5.97 Å². The Labute approximate surface area is 118 Å². The van der Waals surface area contributed by atoms with Crippen LogP contribution in [-0.4, -0.2) is 18.2 Å². The van der Waals surface area contributed by atoms with E-state index in [1.165, 1.54) is 0 Å². The van der Waals surface area contributed by atoms with E-state index in [1.807, 2.05) is 30.3 Å². The van der Waals surface area contributed by atoms with Gasteiger partial charge in [-0.15, -0.1) is 0 Å². The molecule has 0 unspecified atom stereocenters. The van der Waals surface area contributed by atoms with Crippen molar-refractivity contribution in [3.63, 3.8) is 0 Å². The first-order chi connectivity index (χ1) is 9.53. The van der Waals surface area contributed by atoms with Crippen molar-refractivity contribution in [2.45, 2.75) is 26.4 Å². The molecule has 2 rings (SSSR count). The van der Waals surface area contributed by atoms with Gasteiger partial charge in [-0.25, -0.2) is 4.79 Å². The number of carbonyl (C=O) groups is 1. The smallest absolute Gasteiger partial charge is 0.349 e. The molecule has 0 saturated heterocycles. The fourth-order valence-electron chi connectivity index (χ4n) is 1.81. The quantitative estimate of drug-likeness (QED) is 0.780. The average Bonchev–Trinajstić information content (AvgIpc) is 2.92. The second kappa shape index (κ2) is 5.82. The molecule has 0 saturated carbocycles. The summed E-state index contributed by atoms with van der Waals surface area (Å²) < 4.78 is 15.8. The minimum atomic E-state index is -1.02. The first-order valence-electron chi connectivity index (χ1n) is 6.52. The Morgan fingerprint density at radius 1 is 1.25 bits per heavy atom. The molecular weight excluding hydrogens is 256 g/mol. The largest absolute Gasteiger partial charge is 0.476 e. The Morgan fingerprint density at radius 2 is 2.05 bits per heavy atom. The van der Waals surface area contributed by atoms with E-state index >= 15 is 0 Å². The molecule has 0 bridgehead atoms. The van der Waals surface area contributed by atoms with Gasteiger partial charge in [0.05, 0.1) is 19.1 Å². The molecule has 1 aromatic heterocycles. The highest BCUT2D eigenvalue weighted by Crippen LogP contribution is 2.26. The summed E-state index contributed by atoms with van der Waals surface area (Å²) >= 11 is 0. The van der Waals surface area contributed by atoms with Gasteiger partial charge >= 0.3 is 5.97 Å². The Kier molecular flexibility index (Phi) is 4.13. The van der Waals surface area contributed by atoms with Gasteiger partial charge in [0, 0.05) is 5.56 Å². The minimum Gasteiger partial charge on any atom is -0.476 e. The van der Waals surface area contributed by atoms with E-state index in [2.05, 4.69) is 0 Å². The predicted molar refractivity (Wildman–Crippen MR) is 75.5 cm³/mol. The maximum Gasteiger partial charge on any atom is 0.349 e. The third-order valence-corrected chi connectivity index (χ3v) is 2.83. The molecular formula is C16H18O4. The van der Waals surface area contributed by atoms with Crippen molar-refractivity contribution in [3.8, 4) is 16.9 Å². The second-order valence-electron chi connectivity index (χ2n) is 4.87. The van der Waals surface area contributed by atoms with Gasteiger partial charge in [0.1, 0.15) is 5.75 Å². The maximum atomic E-state index is 11.8. The van der Waals surface area contributed by atoms with Crippen molar-refractivity contribution in [1.29, 1.82) is 0 Å². The number of rotatable bonds is 5. The normalized spacial score (nSPS) is 11.2. The van der Waals surface area contributed by atoms with E-state index in [4.69, 9.17) is 13.9 Å². The summed E-state index contributed by atoms with van der Waals surface area (Å²) in [6.45, 7) is 5.49. The van der Waals surface area contributed by atoms with E-state index < -0.39 is 5.60 Å². The van der Waals surface area contributed by atoms with E-state index in [1.54, 1.807) is 33.3 Å². The van der Waals surface area contributed by atoms with Crippen LogP contribution in [0.3, 0.4) is 0 Å². The van der Waals surface area contributed by atoms with Crippen LogP contribution in [0.1, 0.15) is 20.8 Å². The summed E-state index contributed by atoms with van der Waals surface area (Å²) in [5.74, 6) is 0.232. The van der Waals surface area contributed by atoms with Crippen molar-refractivity contribution >= 4 is 5.97 Å². The van der Waals surface area contributed by atoms with Gasteiger partial charge in [-0.2, -0.15) is 0 Å². The lowest BCUT2D eigenvalue weighted by atomic mass is 10.1. The van der Waals surface area contributed by atoms with Gasteiger partial charge in [-0.05, 0) is 44.5 Å². The molecule has 0 spiro atoms. The van der Waals surface area contributed by atoms with E-state index in [0.717, 1.165) is 11.1 Å². The van der Waals surface area contributed by atoms with Crippen LogP contribution in [0.4, 0.5) is 0 Å². The van der Waals surface area contributed by atoms with Gasteiger partial charge in [0.2, 0.25) is 0 Å². The topological polar surface area (TPSA) is 48.7 Å². The van der Waals surface area contributed by atoms with Crippen LogP contribution >= 0.6 is 0 Å². The first kappa shape index (κ1) is 14.2. The number of benzene rings is 1. The number of furan rings is 1. The molecule has 1 heterocycles. The van der Waals surface area contributed by atoms with Crippen molar-refractivity contribution in [1.82, 2.24) is 0 Å². The summed E-state index contributed by atoms with van der Waals surface area (Å²) in [6, 6.07) is 9.37. The summed E-state index contributed by atoms with van der Waals surface area (Å²) in [7, 11) is 0. The zero-order valence-electron chi connectivity index (χ0n) is 11.9. The molecule has 0 amide bonds. The molecule has 1 aromatic carbocycles. The SMILES string of the molecule is CCOC(=O)C(C)(C)Oc1cccc(-c2ccoc2)c1. The summed E-state index contributed by atoms with van der Waals surface area (Å²) in [6.07, 6.45) is 3.28.